The number of aliphatic hydroxyl groups is 1. The lowest BCUT2D eigenvalue weighted by molar-refractivity contribution is 0.252. The quantitative estimate of drug-likeness (QED) is 0.731. The maximum Gasteiger partial charge on any atom is 0.131 e. The summed E-state index contributed by atoms with van der Waals surface area (Å²) in [6, 6.07) is 4.38. The normalized spacial score (nSPS) is 12.5. The van der Waals surface area contributed by atoms with Gasteiger partial charge in [0, 0.05) is 24.3 Å². The first-order chi connectivity index (χ1) is 7.65. The summed E-state index contributed by atoms with van der Waals surface area (Å²) in [5.74, 6) is 0.162. The smallest absolute Gasteiger partial charge is 0.131 e. The zero-order chi connectivity index (χ0) is 12.0. The molecule has 0 bridgehead atoms. The summed E-state index contributed by atoms with van der Waals surface area (Å²) in [7, 11) is 0. The van der Waals surface area contributed by atoms with Gasteiger partial charge in [0.2, 0.25) is 0 Å². The number of hydrogen-bond donors (Lipinski definition) is 2. The summed E-state index contributed by atoms with van der Waals surface area (Å²) in [6.07, 6.45) is 1.45. The summed E-state index contributed by atoms with van der Waals surface area (Å²) < 4.78 is 18.8. The van der Waals surface area contributed by atoms with Crippen molar-refractivity contribution in [3.8, 4) is 5.75 Å². The van der Waals surface area contributed by atoms with Gasteiger partial charge in [-0.3, -0.25) is 0 Å². The third kappa shape index (κ3) is 3.79. The van der Waals surface area contributed by atoms with Crippen LogP contribution in [0.25, 0.3) is 0 Å². The van der Waals surface area contributed by atoms with E-state index >= 15 is 0 Å². The molecule has 4 heteroatoms. The molecule has 1 aromatic carbocycles. The summed E-state index contributed by atoms with van der Waals surface area (Å²) >= 11 is 0. The molecule has 0 aliphatic rings. The fraction of sp³-hybridized carbons (Fsp3) is 0.500. The number of unbranched alkanes of at least 4 members (excludes halogenated alkanes) is 1. The van der Waals surface area contributed by atoms with Crippen LogP contribution < -0.4 is 10.5 Å². The molecule has 1 atom stereocenters. The number of benzene rings is 1. The molecule has 0 spiro atoms. The fourth-order valence-electron chi connectivity index (χ4n) is 1.37. The molecule has 0 heterocycles. The van der Waals surface area contributed by atoms with Gasteiger partial charge in [-0.2, -0.15) is 0 Å². The minimum atomic E-state index is -0.338. The molecule has 1 aromatic rings. The van der Waals surface area contributed by atoms with Gasteiger partial charge in [0.1, 0.15) is 11.6 Å². The molecule has 0 saturated heterocycles. The predicted molar refractivity (Wildman–Crippen MR) is 60.8 cm³/mol. The van der Waals surface area contributed by atoms with E-state index in [4.69, 9.17) is 15.6 Å². The number of ether oxygens (including phenoxy) is 1. The lowest BCUT2D eigenvalue weighted by atomic mass is 10.1. The lowest BCUT2D eigenvalue weighted by Gasteiger charge is -2.10. The number of nitrogens with two attached hydrogens (primary N) is 1. The molecule has 0 amide bonds. The van der Waals surface area contributed by atoms with Gasteiger partial charge in [-0.15, -0.1) is 0 Å². The highest BCUT2D eigenvalue weighted by Gasteiger charge is 2.07. The second kappa shape index (κ2) is 6.45. The lowest BCUT2D eigenvalue weighted by Crippen LogP contribution is -2.07. The molecule has 16 heavy (non-hydrogen) atoms. The Bertz CT molecular complexity index is 329. The Morgan fingerprint density at radius 1 is 1.44 bits per heavy atom. The van der Waals surface area contributed by atoms with Crippen molar-refractivity contribution >= 4 is 0 Å². The molecule has 0 saturated carbocycles. The van der Waals surface area contributed by atoms with Crippen LogP contribution >= 0.6 is 0 Å². The van der Waals surface area contributed by atoms with Crippen LogP contribution in [0.15, 0.2) is 18.2 Å². The van der Waals surface area contributed by atoms with Crippen molar-refractivity contribution in [2.45, 2.75) is 25.8 Å². The van der Waals surface area contributed by atoms with Gasteiger partial charge in [-0.1, -0.05) is 6.07 Å². The molecular weight excluding hydrogens is 209 g/mol. The van der Waals surface area contributed by atoms with E-state index in [2.05, 4.69) is 0 Å². The largest absolute Gasteiger partial charge is 0.493 e. The number of hydrogen-bond acceptors (Lipinski definition) is 3. The molecule has 0 unspecified atom stereocenters. The average molecular weight is 227 g/mol. The Morgan fingerprint density at radius 2 is 2.19 bits per heavy atom. The molecule has 0 fully saturated rings. The van der Waals surface area contributed by atoms with Crippen molar-refractivity contribution in [1.82, 2.24) is 0 Å². The van der Waals surface area contributed by atoms with E-state index in [1.54, 1.807) is 19.1 Å². The van der Waals surface area contributed by atoms with Gasteiger partial charge in [0.25, 0.3) is 0 Å². The van der Waals surface area contributed by atoms with Crippen molar-refractivity contribution in [2.75, 3.05) is 13.2 Å². The molecule has 0 aliphatic carbocycles. The third-order valence-corrected chi connectivity index (χ3v) is 2.28. The van der Waals surface area contributed by atoms with Crippen molar-refractivity contribution in [3.63, 3.8) is 0 Å². The van der Waals surface area contributed by atoms with E-state index in [1.807, 2.05) is 0 Å². The Hall–Kier alpha value is -1.13. The molecule has 3 N–H and O–H groups in total. The molecule has 0 radical (unpaired) electrons. The minimum Gasteiger partial charge on any atom is -0.493 e. The second-order valence-corrected chi connectivity index (χ2v) is 3.75. The maximum atomic E-state index is 13.5. The monoisotopic (exact) mass is 227 g/mol. The molecule has 0 aliphatic heterocycles. The van der Waals surface area contributed by atoms with E-state index < -0.39 is 0 Å². The Labute approximate surface area is 95.0 Å². The molecule has 1 rings (SSSR count). The van der Waals surface area contributed by atoms with Crippen molar-refractivity contribution in [2.24, 2.45) is 5.73 Å². The van der Waals surface area contributed by atoms with E-state index in [0.29, 0.717) is 24.3 Å². The number of rotatable bonds is 6. The highest BCUT2D eigenvalue weighted by molar-refractivity contribution is 5.30. The molecular formula is C12H18FNO2. The van der Waals surface area contributed by atoms with Gasteiger partial charge >= 0.3 is 0 Å². The highest BCUT2D eigenvalue weighted by Crippen LogP contribution is 2.20. The first kappa shape index (κ1) is 12.9. The summed E-state index contributed by atoms with van der Waals surface area (Å²) in [4.78, 5) is 0. The van der Waals surface area contributed by atoms with Gasteiger partial charge in [-0.25, -0.2) is 4.39 Å². The highest BCUT2D eigenvalue weighted by atomic mass is 19.1. The number of aliphatic hydroxyl groups excluding tert-OH is 1. The van der Waals surface area contributed by atoms with Crippen LogP contribution in [0.1, 0.15) is 31.4 Å². The van der Waals surface area contributed by atoms with E-state index in [-0.39, 0.29) is 18.5 Å². The Morgan fingerprint density at radius 3 is 2.75 bits per heavy atom. The van der Waals surface area contributed by atoms with Crippen LogP contribution in [-0.4, -0.2) is 18.3 Å². The van der Waals surface area contributed by atoms with Crippen LogP contribution in [0.4, 0.5) is 4.39 Å². The van der Waals surface area contributed by atoms with Crippen molar-refractivity contribution in [3.05, 3.63) is 29.6 Å². The van der Waals surface area contributed by atoms with E-state index in [9.17, 15) is 4.39 Å². The standard InChI is InChI=1S/C12H18FNO2/c1-9(14)11-5-4-10(8-12(11)13)16-7-3-2-6-15/h4-5,8-9,15H,2-3,6-7,14H2,1H3/t9-/m1/s1. The minimum absolute atomic E-state index is 0.154. The zero-order valence-corrected chi connectivity index (χ0v) is 9.45. The Balaban J connectivity index is 2.53. The predicted octanol–water partition coefficient (Wildman–Crippen LogP) is 2.00. The van der Waals surface area contributed by atoms with Gasteiger partial charge in [0.05, 0.1) is 6.61 Å². The average Bonchev–Trinajstić information content (AvgIpc) is 2.24. The number of halogens is 1. The van der Waals surface area contributed by atoms with Gasteiger partial charge in [-0.05, 0) is 25.8 Å². The van der Waals surface area contributed by atoms with Crippen LogP contribution in [0.3, 0.4) is 0 Å². The molecule has 0 aromatic heterocycles. The van der Waals surface area contributed by atoms with Gasteiger partial charge in [0.15, 0.2) is 0 Å². The van der Waals surface area contributed by atoms with Crippen LogP contribution in [0.2, 0.25) is 0 Å². The van der Waals surface area contributed by atoms with Crippen LogP contribution in [-0.2, 0) is 0 Å². The molecule has 90 valence electrons. The topological polar surface area (TPSA) is 55.5 Å². The van der Waals surface area contributed by atoms with Crippen molar-refractivity contribution in [1.29, 1.82) is 0 Å². The zero-order valence-electron chi connectivity index (χ0n) is 9.45. The maximum absolute atomic E-state index is 13.5. The summed E-state index contributed by atoms with van der Waals surface area (Å²) in [5, 5.41) is 8.58. The Kier molecular flexibility index (Phi) is 5.22. The third-order valence-electron chi connectivity index (χ3n) is 2.28. The fourth-order valence-corrected chi connectivity index (χ4v) is 1.37. The molecule has 3 nitrogen and oxygen atoms in total. The summed E-state index contributed by atoms with van der Waals surface area (Å²) in [5.41, 5.74) is 6.08. The summed E-state index contributed by atoms with van der Waals surface area (Å²) in [6.45, 7) is 2.37. The van der Waals surface area contributed by atoms with Gasteiger partial charge < -0.3 is 15.6 Å². The van der Waals surface area contributed by atoms with Crippen molar-refractivity contribution < 1.29 is 14.2 Å². The van der Waals surface area contributed by atoms with E-state index in [0.717, 1.165) is 6.42 Å². The van der Waals surface area contributed by atoms with Crippen LogP contribution in [0, 0.1) is 5.82 Å². The first-order valence-electron chi connectivity index (χ1n) is 5.44. The first-order valence-corrected chi connectivity index (χ1v) is 5.44. The SMILES string of the molecule is C[C@@H](N)c1ccc(OCCCCO)cc1F. The van der Waals surface area contributed by atoms with E-state index in [1.165, 1.54) is 6.07 Å². The second-order valence-electron chi connectivity index (χ2n) is 3.75. The van der Waals surface area contributed by atoms with Crippen LogP contribution in [0.5, 0.6) is 5.75 Å².